The van der Waals surface area contributed by atoms with E-state index in [1.54, 1.807) is 0 Å². The molecule has 0 amide bonds. The van der Waals surface area contributed by atoms with E-state index in [0.717, 1.165) is 25.9 Å². The lowest BCUT2D eigenvalue weighted by Crippen LogP contribution is -2.39. The van der Waals surface area contributed by atoms with Crippen molar-refractivity contribution in [3.05, 3.63) is 24.1 Å². The minimum absolute atomic E-state index is 0.571. The van der Waals surface area contributed by atoms with Crippen LogP contribution in [-0.2, 0) is 0 Å². The second kappa shape index (κ2) is 5.14. The Labute approximate surface area is 78.9 Å². The highest BCUT2D eigenvalue weighted by molar-refractivity contribution is 5.12. The highest BCUT2D eigenvalue weighted by Gasteiger charge is 2.17. The van der Waals surface area contributed by atoms with Gasteiger partial charge in [-0.05, 0) is 31.8 Å². The maximum atomic E-state index is 11.7. The first-order valence-electron chi connectivity index (χ1n) is 4.67. The SMILES string of the molecule is C/C(=C\C=C\F)C1CCN(N)CC1. The summed E-state index contributed by atoms with van der Waals surface area (Å²) in [7, 11) is 0. The van der Waals surface area contributed by atoms with Gasteiger partial charge in [-0.2, -0.15) is 0 Å². The number of allylic oxidation sites excluding steroid dienone is 3. The molecule has 0 atom stereocenters. The van der Waals surface area contributed by atoms with Gasteiger partial charge in [-0.25, -0.2) is 9.40 Å². The molecular weight excluding hydrogens is 167 g/mol. The zero-order valence-electron chi connectivity index (χ0n) is 8.04. The molecule has 0 unspecified atom stereocenters. The fourth-order valence-electron chi connectivity index (χ4n) is 1.68. The summed E-state index contributed by atoms with van der Waals surface area (Å²) >= 11 is 0. The van der Waals surface area contributed by atoms with E-state index in [4.69, 9.17) is 5.84 Å². The molecule has 1 rings (SSSR count). The molecule has 0 bridgehead atoms. The van der Waals surface area contributed by atoms with E-state index in [2.05, 4.69) is 6.92 Å². The molecular formula is C10H17FN2. The molecule has 2 nitrogen and oxygen atoms in total. The Bertz CT molecular complexity index is 203. The summed E-state index contributed by atoms with van der Waals surface area (Å²) < 4.78 is 11.7. The number of halogens is 1. The molecule has 0 aromatic rings. The van der Waals surface area contributed by atoms with Crippen LogP contribution >= 0.6 is 0 Å². The predicted molar refractivity (Wildman–Crippen MR) is 52.5 cm³/mol. The molecule has 1 fully saturated rings. The molecule has 1 saturated heterocycles. The van der Waals surface area contributed by atoms with Crippen molar-refractivity contribution in [2.45, 2.75) is 19.8 Å². The summed E-state index contributed by atoms with van der Waals surface area (Å²) in [4.78, 5) is 0. The number of piperidine rings is 1. The van der Waals surface area contributed by atoms with Crippen LogP contribution in [0.25, 0.3) is 0 Å². The quantitative estimate of drug-likeness (QED) is 0.525. The minimum Gasteiger partial charge on any atom is -0.269 e. The Kier molecular flexibility index (Phi) is 4.12. The van der Waals surface area contributed by atoms with Crippen LogP contribution < -0.4 is 5.84 Å². The molecule has 3 heteroatoms. The maximum Gasteiger partial charge on any atom is 0.0866 e. The first-order chi connectivity index (χ1) is 6.24. The molecule has 1 aliphatic heterocycles. The van der Waals surface area contributed by atoms with E-state index >= 15 is 0 Å². The van der Waals surface area contributed by atoms with Crippen LogP contribution in [0.5, 0.6) is 0 Å². The van der Waals surface area contributed by atoms with Crippen LogP contribution in [0.1, 0.15) is 19.8 Å². The van der Waals surface area contributed by atoms with Crippen molar-refractivity contribution in [1.29, 1.82) is 0 Å². The van der Waals surface area contributed by atoms with Gasteiger partial charge in [0, 0.05) is 13.1 Å². The second-order valence-electron chi connectivity index (χ2n) is 3.54. The number of rotatable bonds is 2. The van der Waals surface area contributed by atoms with Gasteiger partial charge in [-0.15, -0.1) is 0 Å². The average Bonchev–Trinajstić information content (AvgIpc) is 2.15. The van der Waals surface area contributed by atoms with Crippen LogP contribution in [0.2, 0.25) is 0 Å². The van der Waals surface area contributed by atoms with E-state index in [1.807, 2.05) is 11.1 Å². The second-order valence-corrected chi connectivity index (χ2v) is 3.54. The van der Waals surface area contributed by atoms with E-state index < -0.39 is 0 Å². The number of hydrogen-bond donors (Lipinski definition) is 1. The third-order valence-electron chi connectivity index (χ3n) is 2.61. The molecule has 2 N–H and O–H groups in total. The lowest BCUT2D eigenvalue weighted by molar-refractivity contribution is 0.203. The van der Waals surface area contributed by atoms with Crippen molar-refractivity contribution in [3.63, 3.8) is 0 Å². The molecule has 13 heavy (non-hydrogen) atoms. The van der Waals surface area contributed by atoms with Gasteiger partial charge in [0.25, 0.3) is 0 Å². The van der Waals surface area contributed by atoms with Crippen molar-refractivity contribution < 1.29 is 4.39 Å². The summed E-state index contributed by atoms with van der Waals surface area (Å²) in [5.41, 5.74) is 1.25. The fourth-order valence-corrected chi connectivity index (χ4v) is 1.68. The smallest absolute Gasteiger partial charge is 0.0866 e. The number of nitrogens with two attached hydrogens (primary N) is 1. The first kappa shape index (κ1) is 10.4. The van der Waals surface area contributed by atoms with E-state index in [9.17, 15) is 4.39 Å². The van der Waals surface area contributed by atoms with Gasteiger partial charge in [-0.1, -0.05) is 11.6 Å². The lowest BCUT2D eigenvalue weighted by Gasteiger charge is -2.28. The Morgan fingerprint density at radius 3 is 2.62 bits per heavy atom. The molecule has 74 valence electrons. The van der Waals surface area contributed by atoms with Gasteiger partial charge in [0.05, 0.1) is 6.33 Å². The third kappa shape index (κ3) is 3.28. The Hall–Kier alpha value is -0.670. The zero-order chi connectivity index (χ0) is 9.68. The number of hydrazine groups is 1. The summed E-state index contributed by atoms with van der Waals surface area (Å²) in [5, 5.41) is 1.84. The summed E-state index contributed by atoms with van der Waals surface area (Å²) in [6, 6.07) is 0. The van der Waals surface area contributed by atoms with Gasteiger partial charge in [0.2, 0.25) is 0 Å². The topological polar surface area (TPSA) is 29.3 Å². The van der Waals surface area contributed by atoms with Gasteiger partial charge < -0.3 is 0 Å². The molecule has 0 aliphatic carbocycles. The summed E-state index contributed by atoms with van der Waals surface area (Å²) in [6.07, 6.45) is 6.03. The van der Waals surface area contributed by atoms with Gasteiger partial charge in [-0.3, -0.25) is 5.84 Å². The Morgan fingerprint density at radius 1 is 1.46 bits per heavy atom. The summed E-state index contributed by atoms with van der Waals surface area (Å²) in [6.45, 7) is 3.93. The van der Waals surface area contributed by atoms with Gasteiger partial charge >= 0.3 is 0 Å². The molecule has 0 radical (unpaired) electrons. The largest absolute Gasteiger partial charge is 0.269 e. The van der Waals surface area contributed by atoms with Crippen molar-refractivity contribution >= 4 is 0 Å². The number of nitrogens with zero attached hydrogens (tertiary/aromatic N) is 1. The van der Waals surface area contributed by atoms with Crippen molar-refractivity contribution in [1.82, 2.24) is 5.01 Å². The molecule has 1 aliphatic rings. The van der Waals surface area contributed by atoms with E-state index in [-0.39, 0.29) is 0 Å². The highest BCUT2D eigenvalue weighted by Crippen LogP contribution is 2.22. The van der Waals surface area contributed by atoms with Crippen LogP contribution in [0, 0.1) is 5.92 Å². The van der Waals surface area contributed by atoms with Crippen molar-refractivity contribution in [3.8, 4) is 0 Å². The maximum absolute atomic E-state index is 11.7. The van der Waals surface area contributed by atoms with Crippen molar-refractivity contribution in [2.24, 2.45) is 11.8 Å². The van der Waals surface area contributed by atoms with E-state index in [1.165, 1.54) is 11.6 Å². The lowest BCUT2D eigenvalue weighted by atomic mass is 9.90. The molecule has 0 spiro atoms. The third-order valence-corrected chi connectivity index (χ3v) is 2.61. The first-order valence-corrected chi connectivity index (χ1v) is 4.67. The van der Waals surface area contributed by atoms with Gasteiger partial charge in [0.15, 0.2) is 0 Å². The molecule has 1 heterocycles. The van der Waals surface area contributed by atoms with E-state index in [0.29, 0.717) is 12.2 Å². The van der Waals surface area contributed by atoms with Crippen LogP contribution in [0.15, 0.2) is 24.1 Å². The fraction of sp³-hybridized carbons (Fsp3) is 0.600. The Balaban J connectivity index is 2.44. The molecule has 0 saturated carbocycles. The van der Waals surface area contributed by atoms with Crippen molar-refractivity contribution in [2.75, 3.05) is 13.1 Å². The predicted octanol–water partition coefficient (Wildman–Crippen LogP) is 2.00. The number of hydrogen-bond acceptors (Lipinski definition) is 2. The van der Waals surface area contributed by atoms with Crippen LogP contribution in [-0.4, -0.2) is 18.1 Å². The summed E-state index contributed by atoms with van der Waals surface area (Å²) in [5.74, 6) is 6.22. The molecule has 0 aromatic heterocycles. The Morgan fingerprint density at radius 2 is 2.08 bits per heavy atom. The minimum atomic E-state index is 0.571. The van der Waals surface area contributed by atoms with Gasteiger partial charge in [0.1, 0.15) is 0 Å². The molecule has 0 aromatic carbocycles. The van der Waals surface area contributed by atoms with Crippen LogP contribution in [0.4, 0.5) is 4.39 Å². The zero-order valence-corrected chi connectivity index (χ0v) is 8.04. The average molecular weight is 184 g/mol. The highest BCUT2D eigenvalue weighted by atomic mass is 19.1. The standard InChI is InChI=1S/C10H17FN2/c1-9(3-2-6-11)10-4-7-13(12)8-5-10/h2-3,6,10H,4-5,7-8,12H2,1H3/b6-2+,9-3+. The normalized spacial score (nSPS) is 22.8. The monoisotopic (exact) mass is 184 g/mol. The van der Waals surface area contributed by atoms with Crippen LogP contribution in [0.3, 0.4) is 0 Å².